The Morgan fingerprint density at radius 3 is 1.53 bits per heavy atom. The van der Waals surface area contributed by atoms with E-state index < -0.39 is 11.8 Å². The van der Waals surface area contributed by atoms with Crippen LogP contribution in [0.3, 0.4) is 0 Å². The Hall–Kier alpha value is -3.20. The van der Waals surface area contributed by atoms with Crippen LogP contribution in [0.5, 0.6) is 0 Å². The SMILES string of the molecule is O=C(CCN1C(=O)/C(=C2\SC(=S)N(CCC(=O)Nc3ccccn3)C2=O)SC1=S)Nc1ccccn1. The largest absolute Gasteiger partial charge is 0.311 e. The maximum atomic E-state index is 13.0. The highest BCUT2D eigenvalue weighted by Crippen LogP contribution is 2.42. The molecule has 4 amide bonds. The number of aromatic nitrogens is 2. The number of thioether (sulfide) groups is 2. The second-order valence-corrected chi connectivity index (χ2v) is 10.6. The lowest BCUT2D eigenvalue weighted by atomic mass is 10.3. The third-order valence-corrected chi connectivity index (χ3v) is 7.92. The standard InChI is InChI=1S/C22H18N6O4S4/c29-15(25-13-5-1-3-9-23-13)7-11-27-19(31)17(35-21(27)33)18-20(32)28(22(34)36-18)12-8-16(30)26-14-6-2-4-10-24-14/h1-6,9-10H,7-8,11-12H2,(H,23,25,29)(H,24,26,30)/b18-17+. The van der Waals surface area contributed by atoms with E-state index in [0.717, 1.165) is 23.5 Å². The summed E-state index contributed by atoms with van der Waals surface area (Å²) < 4.78 is 0.501. The number of hydrogen-bond donors (Lipinski definition) is 2. The summed E-state index contributed by atoms with van der Waals surface area (Å²) in [6, 6.07) is 10.3. The predicted octanol–water partition coefficient (Wildman–Crippen LogP) is 2.77. The van der Waals surface area contributed by atoms with Crippen LogP contribution < -0.4 is 10.6 Å². The molecule has 0 bridgehead atoms. The lowest BCUT2D eigenvalue weighted by Gasteiger charge is -2.14. The molecule has 0 aliphatic carbocycles. The van der Waals surface area contributed by atoms with Crippen molar-refractivity contribution in [2.45, 2.75) is 12.8 Å². The van der Waals surface area contributed by atoms with Gasteiger partial charge in [-0.2, -0.15) is 0 Å². The van der Waals surface area contributed by atoms with Gasteiger partial charge >= 0.3 is 0 Å². The van der Waals surface area contributed by atoms with Crippen molar-refractivity contribution in [3.05, 3.63) is 58.6 Å². The lowest BCUT2D eigenvalue weighted by molar-refractivity contribution is -0.125. The molecule has 2 aromatic heterocycles. The minimum absolute atomic E-state index is 0.00262. The summed E-state index contributed by atoms with van der Waals surface area (Å²) in [4.78, 5) is 61.5. The van der Waals surface area contributed by atoms with E-state index in [4.69, 9.17) is 24.4 Å². The van der Waals surface area contributed by atoms with Crippen molar-refractivity contribution in [3.63, 3.8) is 0 Å². The number of carbonyl (C=O) groups excluding carboxylic acids is 4. The fraction of sp³-hybridized carbons (Fsp3) is 0.182. The first-order valence-electron chi connectivity index (χ1n) is 10.6. The maximum absolute atomic E-state index is 13.0. The van der Waals surface area contributed by atoms with Gasteiger partial charge in [0.2, 0.25) is 11.8 Å². The topological polar surface area (TPSA) is 125 Å². The smallest absolute Gasteiger partial charge is 0.267 e. The molecular formula is C22H18N6O4S4. The summed E-state index contributed by atoms with van der Waals surface area (Å²) in [7, 11) is 0. The van der Waals surface area contributed by atoms with Crippen LogP contribution >= 0.6 is 48.0 Å². The molecule has 0 radical (unpaired) electrons. The molecule has 10 nitrogen and oxygen atoms in total. The molecule has 14 heteroatoms. The van der Waals surface area contributed by atoms with Gasteiger partial charge in [0.05, 0.1) is 9.81 Å². The van der Waals surface area contributed by atoms with E-state index in [1.807, 2.05) is 0 Å². The van der Waals surface area contributed by atoms with Crippen LogP contribution in [0.15, 0.2) is 58.6 Å². The Morgan fingerprint density at radius 2 is 1.17 bits per heavy atom. The average Bonchev–Trinajstić information content (AvgIpc) is 3.31. The molecule has 4 heterocycles. The number of thiocarbonyl (C=S) groups is 2. The molecule has 2 N–H and O–H groups in total. The van der Waals surface area contributed by atoms with Gasteiger partial charge in [-0.15, -0.1) is 0 Å². The van der Waals surface area contributed by atoms with Gasteiger partial charge in [-0.1, -0.05) is 60.1 Å². The van der Waals surface area contributed by atoms with Crippen LogP contribution in [-0.4, -0.2) is 65.1 Å². The molecule has 0 unspecified atom stereocenters. The molecule has 2 aliphatic rings. The van der Waals surface area contributed by atoms with E-state index in [9.17, 15) is 19.2 Å². The van der Waals surface area contributed by atoms with Crippen molar-refractivity contribution in [2.75, 3.05) is 23.7 Å². The van der Waals surface area contributed by atoms with E-state index in [1.54, 1.807) is 48.8 Å². The van der Waals surface area contributed by atoms with Crippen molar-refractivity contribution >= 4 is 91.9 Å². The highest BCUT2D eigenvalue weighted by Gasteiger charge is 2.42. The number of pyridine rings is 2. The summed E-state index contributed by atoms with van der Waals surface area (Å²) in [5.41, 5.74) is 0. The fourth-order valence-corrected chi connectivity index (χ4v) is 5.94. The Kier molecular flexibility index (Phi) is 8.40. The zero-order valence-corrected chi connectivity index (χ0v) is 21.8. The fourth-order valence-electron chi connectivity index (χ4n) is 3.17. The van der Waals surface area contributed by atoms with Crippen LogP contribution in [-0.2, 0) is 19.2 Å². The van der Waals surface area contributed by atoms with Gasteiger partial charge in [0.15, 0.2) is 0 Å². The first-order chi connectivity index (χ1) is 17.3. The van der Waals surface area contributed by atoms with E-state index >= 15 is 0 Å². The molecular weight excluding hydrogens is 541 g/mol. The summed E-state index contributed by atoms with van der Waals surface area (Å²) in [6.45, 7) is 0.113. The zero-order chi connectivity index (χ0) is 25.7. The highest BCUT2D eigenvalue weighted by atomic mass is 32.2. The van der Waals surface area contributed by atoms with Gasteiger partial charge < -0.3 is 10.6 Å². The summed E-state index contributed by atoms with van der Waals surface area (Å²) in [5.74, 6) is -0.736. The second-order valence-electron chi connectivity index (χ2n) is 7.33. The molecule has 0 spiro atoms. The summed E-state index contributed by atoms with van der Waals surface area (Å²) >= 11 is 12.6. The lowest BCUT2D eigenvalue weighted by Crippen LogP contribution is -2.33. The minimum Gasteiger partial charge on any atom is -0.311 e. The summed E-state index contributed by atoms with van der Waals surface area (Å²) in [5, 5.41) is 5.30. The highest BCUT2D eigenvalue weighted by molar-refractivity contribution is 8.29. The quantitative estimate of drug-likeness (QED) is 0.369. The Bertz CT molecular complexity index is 1170. The molecule has 0 atom stereocenters. The van der Waals surface area contributed by atoms with Gasteiger partial charge in [0.1, 0.15) is 20.3 Å². The van der Waals surface area contributed by atoms with Gasteiger partial charge in [-0.25, -0.2) is 9.97 Å². The van der Waals surface area contributed by atoms with Crippen LogP contribution in [0.25, 0.3) is 0 Å². The maximum Gasteiger partial charge on any atom is 0.267 e. The number of rotatable bonds is 8. The van der Waals surface area contributed by atoms with Gasteiger partial charge in [0, 0.05) is 38.3 Å². The Morgan fingerprint density at radius 1 is 0.750 bits per heavy atom. The number of nitrogens with zero attached hydrogens (tertiary/aromatic N) is 4. The third kappa shape index (κ3) is 6.13. The predicted molar refractivity (Wildman–Crippen MR) is 146 cm³/mol. The molecule has 36 heavy (non-hydrogen) atoms. The first kappa shape index (κ1) is 25.9. The van der Waals surface area contributed by atoms with Crippen molar-refractivity contribution in [2.24, 2.45) is 0 Å². The monoisotopic (exact) mass is 558 g/mol. The summed E-state index contributed by atoms with van der Waals surface area (Å²) in [6.07, 6.45) is 3.12. The van der Waals surface area contributed by atoms with E-state index in [1.165, 1.54) is 9.80 Å². The average molecular weight is 559 g/mol. The molecule has 2 aromatic rings. The van der Waals surface area contributed by atoms with Crippen LogP contribution in [0.1, 0.15) is 12.8 Å². The normalized spacial score (nSPS) is 17.7. The number of nitrogens with one attached hydrogen (secondary N) is 2. The zero-order valence-electron chi connectivity index (χ0n) is 18.5. The van der Waals surface area contributed by atoms with Crippen molar-refractivity contribution in [1.29, 1.82) is 0 Å². The molecule has 2 aliphatic heterocycles. The van der Waals surface area contributed by atoms with E-state index in [-0.39, 0.29) is 56.2 Å². The number of hydrogen-bond acceptors (Lipinski definition) is 10. The van der Waals surface area contributed by atoms with Crippen molar-refractivity contribution in [1.82, 2.24) is 19.8 Å². The molecule has 4 rings (SSSR count). The van der Waals surface area contributed by atoms with E-state index in [0.29, 0.717) is 11.6 Å². The minimum atomic E-state index is -0.455. The second kappa shape index (κ2) is 11.7. The van der Waals surface area contributed by atoms with Gasteiger partial charge in [-0.3, -0.25) is 29.0 Å². The van der Waals surface area contributed by atoms with Crippen LogP contribution in [0.4, 0.5) is 11.6 Å². The molecule has 0 aromatic carbocycles. The number of anilines is 2. The third-order valence-electron chi connectivity index (χ3n) is 4.89. The number of amides is 4. The van der Waals surface area contributed by atoms with Gasteiger partial charge in [0.25, 0.3) is 11.8 Å². The van der Waals surface area contributed by atoms with Crippen LogP contribution in [0.2, 0.25) is 0 Å². The molecule has 0 saturated carbocycles. The first-order valence-corrected chi connectivity index (χ1v) is 13.0. The molecule has 184 valence electrons. The number of carbonyl (C=O) groups is 4. The van der Waals surface area contributed by atoms with Gasteiger partial charge in [-0.05, 0) is 24.3 Å². The molecule has 2 fully saturated rings. The van der Waals surface area contributed by atoms with Crippen molar-refractivity contribution in [3.8, 4) is 0 Å². The Balaban J connectivity index is 1.35. The van der Waals surface area contributed by atoms with E-state index in [2.05, 4.69) is 20.6 Å². The van der Waals surface area contributed by atoms with Crippen molar-refractivity contribution < 1.29 is 19.2 Å². The van der Waals surface area contributed by atoms with Crippen LogP contribution in [0, 0.1) is 0 Å². The molecule has 2 saturated heterocycles. The Labute approximate surface area is 225 Å².